The van der Waals surface area contributed by atoms with Crippen molar-refractivity contribution in [2.75, 3.05) is 6.54 Å². The molecule has 0 aromatic heterocycles. The molecule has 0 bridgehead atoms. The molecule has 6 heteroatoms. The molecule has 0 aliphatic heterocycles. The van der Waals surface area contributed by atoms with Crippen LogP contribution in [0.5, 0.6) is 0 Å². The molecule has 1 atom stereocenters. The number of nitrogens with zero attached hydrogens (tertiary/aromatic N) is 2. The summed E-state index contributed by atoms with van der Waals surface area (Å²) in [7, 11) is 0. The highest BCUT2D eigenvalue weighted by atomic mass is 16.3. The molecule has 0 radical (unpaired) electrons. The van der Waals surface area contributed by atoms with Crippen molar-refractivity contribution >= 4 is 12.2 Å². The molecule has 13 heavy (non-hydrogen) atoms. The van der Waals surface area contributed by atoms with Crippen molar-refractivity contribution in [3.8, 4) is 0 Å². The SMILES string of the molecule is CC/C=N\NC(O)NC(N)=NCC. The number of aliphatic hydroxyl groups excluding tert-OH is 1. The van der Waals surface area contributed by atoms with Crippen LogP contribution in [0.3, 0.4) is 0 Å². The van der Waals surface area contributed by atoms with Crippen LogP contribution in [0.15, 0.2) is 10.1 Å². The van der Waals surface area contributed by atoms with E-state index in [4.69, 9.17) is 5.73 Å². The minimum Gasteiger partial charge on any atom is -0.370 e. The van der Waals surface area contributed by atoms with Gasteiger partial charge in [-0.15, -0.1) is 0 Å². The lowest BCUT2D eigenvalue weighted by Gasteiger charge is -2.11. The standard InChI is InChI=1S/C7H17N5O/c1-3-5-10-12-7(13)11-6(8)9-4-2/h5,7,12-13H,3-4H2,1-2H3,(H3,8,9,11)/b10-5-. The Morgan fingerprint density at radius 1 is 1.62 bits per heavy atom. The normalized spacial score (nSPS) is 14.5. The van der Waals surface area contributed by atoms with Crippen molar-refractivity contribution in [1.82, 2.24) is 10.7 Å². The number of nitrogens with two attached hydrogens (primary N) is 1. The minimum atomic E-state index is -1.00. The molecule has 0 spiro atoms. The molecule has 6 nitrogen and oxygen atoms in total. The van der Waals surface area contributed by atoms with Crippen molar-refractivity contribution in [2.45, 2.75) is 26.6 Å². The van der Waals surface area contributed by atoms with E-state index in [1.165, 1.54) is 0 Å². The molecule has 0 fully saturated rings. The van der Waals surface area contributed by atoms with Crippen LogP contribution in [0.4, 0.5) is 0 Å². The molecule has 0 amide bonds. The maximum atomic E-state index is 9.18. The highest BCUT2D eigenvalue weighted by Crippen LogP contribution is 1.73. The molecule has 0 heterocycles. The second kappa shape index (κ2) is 7.35. The first kappa shape index (κ1) is 11.7. The van der Waals surface area contributed by atoms with Crippen LogP contribution in [0, 0.1) is 0 Å². The monoisotopic (exact) mass is 187 g/mol. The van der Waals surface area contributed by atoms with Gasteiger partial charge in [0.05, 0.1) is 0 Å². The molecule has 0 aliphatic carbocycles. The number of rotatable bonds is 5. The number of aliphatic imine (C=N–C) groups is 1. The molecule has 0 saturated heterocycles. The van der Waals surface area contributed by atoms with Gasteiger partial charge >= 0.3 is 0 Å². The Morgan fingerprint density at radius 3 is 2.85 bits per heavy atom. The van der Waals surface area contributed by atoms with Gasteiger partial charge in [0.15, 0.2) is 5.96 Å². The average Bonchev–Trinajstić information content (AvgIpc) is 2.05. The van der Waals surface area contributed by atoms with E-state index in [-0.39, 0.29) is 5.96 Å². The van der Waals surface area contributed by atoms with Crippen molar-refractivity contribution in [2.24, 2.45) is 15.8 Å². The highest BCUT2D eigenvalue weighted by molar-refractivity contribution is 5.77. The molecular formula is C7H17N5O. The quantitative estimate of drug-likeness (QED) is 0.195. The Bertz CT molecular complexity index is 180. The van der Waals surface area contributed by atoms with E-state index in [1.807, 2.05) is 13.8 Å². The molecule has 1 unspecified atom stereocenters. The van der Waals surface area contributed by atoms with E-state index in [2.05, 4.69) is 20.8 Å². The molecule has 0 saturated carbocycles. The summed E-state index contributed by atoms with van der Waals surface area (Å²) in [6.07, 6.45) is 1.44. The maximum Gasteiger partial charge on any atom is 0.220 e. The third kappa shape index (κ3) is 7.07. The van der Waals surface area contributed by atoms with E-state index in [0.717, 1.165) is 6.42 Å². The van der Waals surface area contributed by atoms with Gasteiger partial charge in [-0.3, -0.25) is 10.4 Å². The van der Waals surface area contributed by atoms with Crippen LogP contribution in [0.1, 0.15) is 20.3 Å². The zero-order chi connectivity index (χ0) is 10.1. The van der Waals surface area contributed by atoms with Gasteiger partial charge in [-0.25, -0.2) is 0 Å². The zero-order valence-electron chi connectivity index (χ0n) is 7.99. The fraction of sp³-hybridized carbons (Fsp3) is 0.714. The fourth-order valence-corrected chi connectivity index (χ4v) is 0.603. The van der Waals surface area contributed by atoms with Gasteiger partial charge in [-0.2, -0.15) is 5.10 Å². The van der Waals surface area contributed by atoms with Crippen molar-refractivity contribution in [3.05, 3.63) is 0 Å². The first-order valence-electron chi connectivity index (χ1n) is 4.22. The summed E-state index contributed by atoms with van der Waals surface area (Å²) < 4.78 is 0. The second-order valence-corrected chi connectivity index (χ2v) is 2.26. The van der Waals surface area contributed by atoms with Crippen LogP contribution in [-0.4, -0.2) is 30.2 Å². The van der Waals surface area contributed by atoms with Gasteiger partial charge in [-0.05, 0) is 13.3 Å². The third-order valence-electron chi connectivity index (χ3n) is 1.08. The van der Waals surface area contributed by atoms with Crippen LogP contribution in [0.25, 0.3) is 0 Å². The molecule has 0 aromatic rings. The summed E-state index contributed by atoms with van der Waals surface area (Å²) in [6, 6.07) is 0. The predicted molar refractivity (Wildman–Crippen MR) is 53.2 cm³/mol. The molecule has 5 N–H and O–H groups in total. The molecule has 0 rings (SSSR count). The summed E-state index contributed by atoms with van der Waals surface area (Å²) in [5.74, 6) is 0.189. The summed E-state index contributed by atoms with van der Waals surface area (Å²) in [6.45, 7) is 4.37. The van der Waals surface area contributed by atoms with Gasteiger partial charge in [0.2, 0.25) is 6.35 Å². The number of guanidine groups is 1. The maximum absolute atomic E-state index is 9.18. The number of hydrazone groups is 1. The first-order valence-corrected chi connectivity index (χ1v) is 4.22. The lowest BCUT2D eigenvalue weighted by atomic mass is 10.6. The van der Waals surface area contributed by atoms with Gasteiger partial charge < -0.3 is 16.2 Å². The van der Waals surface area contributed by atoms with E-state index < -0.39 is 6.35 Å². The lowest BCUT2D eigenvalue weighted by Crippen LogP contribution is -2.46. The predicted octanol–water partition coefficient (Wildman–Crippen LogP) is -0.828. The zero-order valence-corrected chi connectivity index (χ0v) is 7.99. The lowest BCUT2D eigenvalue weighted by molar-refractivity contribution is 0.124. The molecule has 0 aliphatic rings. The van der Waals surface area contributed by atoms with Crippen LogP contribution in [-0.2, 0) is 0 Å². The third-order valence-corrected chi connectivity index (χ3v) is 1.08. The second-order valence-electron chi connectivity index (χ2n) is 2.26. The van der Waals surface area contributed by atoms with Gasteiger partial charge in [0, 0.05) is 12.8 Å². The molecular weight excluding hydrogens is 170 g/mol. The Labute approximate surface area is 77.9 Å². The minimum absolute atomic E-state index is 0.189. The smallest absolute Gasteiger partial charge is 0.220 e. The van der Waals surface area contributed by atoms with Crippen LogP contribution >= 0.6 is 0 Å². The number of aliphatic hydroxyl groups is 1. The van der Waals surface area contributed by atoms with Gasteiger partial charge in [0.25, 0.3) is 0 Å². The number of nitrogens with one attached hydrogen (secondary N) is 2. The first-order chi connectivity index (χ1) is 6.20. The van der Waals surface area contributed by atoms with Crippen molar-refractivity contribution in [1.29, 1.82) is 0 Å². The Kier molecular flexibility index (Phi) is 6.62. The summed E-state index contributed by atoms with van der Waals surface area (Å²) in [5.41, 5.74) is 7.80. The van der Waals surface area contributed by atoms with E-state index in [9.17, 15) is 5.11 Å². The Balaban J connectivity index is 3.67. The highest BCUT2D eigenvalue weighted by Gasteiger charge is 1.99. The van der Waals surface area contributed by atoms with Crippen molar-refractivity contribution in [3.63, 3.8) is 0 Å². The van der Waals surface area contributed by atoms with Gasteiger partial charge in [0.1, 0.15) is 0 Å². The van der Waals surface area contributed by atoms with E-state index in [0.29, 0.717) is 6.54 Å². The fourth-order valence-electron chi connectivity index (χ4n) is 0.603. The Hall–Kier alpha value is -1.30. The van der Waals surface area contributed by atoms with E-state index in [1.54, 1.807) is 6.21 Å². The van der Waals surface area contributed by atoms with Crippen LogP contribution in [0.2, 0.25) is 0 Å². The largest absolute Gasteiger partial charge is 0.370 e. The molecule has 0 aromatic carbocycles. The molecule has 76 valence electrons. The summed E-state index contributed by atoms with van der Waals surface area (Å²) >= 11 is 0. The van der Waals surface area contributed by atoms with E-state index >= 15 is 0 Å². The summed E-state index contributed by atoms with van der Waals surface area (Å²) in [5, 5.41) is 15.4. The number of hydrogen-bond donors (Lipinski definition) is 4. The average molecular weight is 187 g/mol. The van der Waals surface area contributed by atoms with Crippen molar-refractivity contribution < 1.29 is 5.11 Å². The van der Waals surface area contributed by atoms with Crippen LogP contribution < -0.4 is 16.5 Å². The Morgan fingerprint density at radius 2 is 2.31 bits per heavy atom. The summed E-state index contributed by atoms with van der Waals surface area (Å²) in [4.78, 5) is 3.82. The van der Waals surface area contributed by atoms with Gasteiger partial charge in [-0.1, -0.05) is 6.92 Å². The topological polar surface area (TPSA) is 95.0 Å². The number of hydrogen-bond acceptors (Lipinski definition) is 4.